The van der Waals surface area contributed by atoms with Crippen LogP contribution in [0.1, 0.15) is 32.6 Å². The number of carbonyl (C=O) groups excluding carboxylic acids is 1. The van der Waals surface area contributed by atoms with Crippen LogP contribution in [-0.2, 0) is 17.8 Å². The molecule has 0 fully saturated rings. The molecule has 0 amide bonds. The minimum atomic E-state index is -0.434. The molecular formula is C22H24NO5+. The van der Waals surface area contributed by atoms with E-state index < -0.39 is 5.97 Å². The molecule has 0 aliphatic heterocycles. The Morgan fingerprint density at radius 3 is 2.50 bits per heavy atom. The zero-order valence-corrected chi connectivity index (χ0v) is 16.5. The van der Waals surface area contributed by atoms with E-state index in [9.17, 15) is 9.59 Å². The van der Waals surface area contributed by atoms with E-state index in [4.69, 9.17) is 13.9 Å². The molecule has 6 heteroatoms. The minimum Gasteiger partial charge on any atom is -0.496 e. The van der Waals surface area contributed by atoms with Crippen LogP contribution in [-0.4, -0.2) is 20.2 Å². The summed E-state index contributed by atoms with van der Waals surface area (Å²) in [6.45, 7) is 5.29. The lowest BCUT2D eigenvalue weighted by Gasteiger charge is -2.10. The fourth-order valence-electron chi connectivity index (χ4n) is 3.20. The van der Waals surface area contributed by atoms with Crippen LogP contribution in [0.4, 0.5) is 0 Å². The van der Waals surface area contributed by atoms with Gasteiger partial charge in [-0.3, -0.25) is 0 Å². The van der Waals surface area contributed by atoms with Gasteiger partial charge in [0.2, 0.25) is 0 Å². The number of rotatable bonds is 6. The van der Waals surface area contributed by atoms with Crippen molar-refractivity contribution < 1.29 is 24.0 Å². The van der Waals surface area contributed by atoms with Gasteiger partial charge in [-0.05, 0) is 55.3 Å². The van der Waals surface area contributed by atoms with E-state index in [0.29, 0.717) is 30.0 Å². The summed E-state index contributed by atoms with van der Waals surface area (Å²) in [7, 11) is 2.86. The molecule has 3 rings (SSSR count). The van der Waals surface area contributed by atoms with Crippen molar-refractivity contribution in [1.29, 1.82) is 0 Å². The normalized spacial score (nSPS) is 10.9. The number of aryl methyl sites for hydroxylation is 2. The second kappa shape index (κ2) is 8.27. The second-order valence-corrected chi connectivity index (χ2v) is 6.75. The Morgan fingerprint density at radius 1 is 1.04 bits per heavy atom. The summed E-state index contributed by atoms with van der Waals surface area (Å²) in [5.41, 5.74) is 4.78. The molecule has 3 aromatic rings. The maximum absolute atomic E-state index is 11.9. The molecule has 0 unspecified atom stereocenters. The van der Waals surface area contributed by atoms with Gasteiger partial charge in [0.05, 0.1) is 14.2 Å². The van der Waals surface area contributed by atoms with Crippen LogP contribution in [0.5, 0.6) is 5.75 Å². The third kappa shape index (κ3) is 4.07. The Balaban J connectivity index is 1.81. The number of methoxy groups -OCH3 is 2. The molecule has 0 aliphatic rings. The number of hydrogen-bond acceptors (Lipinski definition) is 5. The molecule has 2 N–H and O–H groups in total. The lowest BCUT2D eigenvalue weighted by molar-refractivity contribution is -0.686. The van der Waals surface area contributed by atoms with Gasteiger partial charge in [0.1, 0.15) is 30.0 Å². The molecule has 1 aromatic heterocycles. The largest absolute Gasteiger partial charge is 0.496 e. The summed E-state index contributed by atoms with van der Waals surface area (Å²) in [5, 5.41) is 3.02. The summed E-state index contributed by atoms with van der Waals surface area (Å²) in [6.07, 6.45) is 0. The quantitative estimate of drug-likeness (QED) is 0.523. The van der Waals surface area contributed by atoms with Crippen molar-refractivity contribution in [3.8, 4) is 5.75 Å². The highest BCUT2D eigenvalue weighted by Crippen LogP contribution is 2.22. The minimum absolute atomic E-state index is 0.350. The van der Waals surface area contributed by atoms with Gasteiger partial charge in [-0.2, -0.15) is 0 Å². The van der Waals surface area contributed by atoms with Crippen molar-refractivity contribution in [2.75, 3.05) is 14.2 Å². The van der Waals surface area contributed by atoms with E-state index >= 15 is 0 Å². The number of carbonyl (C=O) groups is 1. The molecule has 0 saturated carbocycles. The monoisotopic (exact) mass is 382 g/mol. The van der Waals surface area contributed by atoms with E-state index in [1.807, 2.05) is 26.0 Å². The molecule has 0 saturated heterocycles. The zero-order chi connectivity index (χ0) is 20.3. The molecule has 146 valence electrons. The van der Waals surface area contributed by atoms with Gasteiger partial charge in [0.25, 0.3) is 0 Å². The van der Waals surface area contributed by atoms with Crippen LogP contribution in [0, 0.1) is 13.8 Å². The predicted molar refractivity (Wildman–Crippen MR) is 106 cm³/mol. The molecule has 1 heterocycles. The first-order chi connectivity index (χ1) is 13.4. The SMILES string of the molecule is COC(=O)c1cc(C[NH2+]Cc2cc(=O)oc3cc(C)c(C)cc23)ccc1OC. The molecule has 0 bridgehead atoms. The Morgan fingerprint density at radius 2 is 1.79 bits per heavy atom. The highest BCUT2D eigenvalue weighted by atomic mass is 16.5. The Labute approximate surface area is 163 Å². The summed E-state index contributed by atoms with van der Waals surface area (Å²) in [5.74, 6) is 0.0457. The van der Waals surface area contributed by atoms with Crippen LogP contribution in [0.3, 0.4) is 0 Å². The number of hydrogen-bond donors (Lipinski definition) is 1. The highest BCUT2D eigenvalue weighted by Gasteiger charge is 2.14. The average molecular weight is 382 g/mol. The van der Waals surface area contributed by atoms with Gasteiger partial charge in [-0.25, -0.2) is 9.59 Å². The molecule has 0 aliphatic carbocycles. The van der Waals surface area contributed by atoms with Crippen LogP contribution >= 0.6 is 0 Å². The van der Waals surface area contributed by atoms with E-state index in [1.165, 1.54) is 14.2 Å². The van der Waals surface area contributed by atoms with Gasteiger partial charge in [-0.1, -0.05) is 0 Å². The maximum atomic E-state index is 11.9. The predicted octanol–water partition coefficient (Wildman–Crippen LogP) is 2.47. The van der Waals surface area contributed by atoms with Crippen LogP contribution in [0.15, 0.2) is 45.6 Å². The first-order valence-corrected chi connectivity index (χ1v) is 9.03. The number of ether oxygens (including phenoxy) is 2. The lowest BCUT2D eigenvalue weighted by Crippen LogP contribution is -2.80. The van der Waals surface area contributed by atoms with Crippen LogP contribution in [0.25, 0.3) is 11.0 Å². The van der Waals surface area contributed by atoms with Gasteiger partial charge in [0.15, 0.2) is 0 Å². The molecule has 2 aromatic carbocycles. The third-order valence-electron chi connectivity index (χ3n) is 4.86. The smallest absolute Gasteiger partial charge is 0.341 e. The Hall–Kier alpha value is -3.12. The molecule has 0 radical (unpaired) electrons. The topological polar surface area (TPSA) is 82.4 Å². The zero-order valence-electron chi connectivity index (χ0n) is 16.5. The van der Waals surface area contributed by atoms with E-state index in [-0.39, 0.29) is 5.63 Å². The second-order valence-electron chi connectivity index (χ2n) is 6.75. The van der Waals surface area contributed by atoms with Crippen molar-refractivity contribution in [3.63, 3.8) is 0 Å². The number of benzene rings is 2. The van der Waals surface area contributed by atoms with E-state index in [0.717, 1.165) is 27.6 Å². The number of fused-ring (bicyclic) bond motifs is 1. The van der Waals surface area contributed by atoms with Gasteiger partial charge in [0, 0.05) is 22.6 Å². The molecule has 6 nitrogen and oxygen atoms in total. The number of esters is 1. The maximum Gasteiger partial charge on any atom is 0.341 e. The Kier molecular flexibility index (Phi) is 5.80. The first kappa shape index (κ1) is 19.6. The molecular weight excluding hydrogens is 358 g/mol. The molecule has 0 atom stereocenters. The van der Waals surface area contributed by atoms with Crippen molar-refractivity contribution in [2.24, 2.45) is 0 Å². The van der Waals surface area contributed by atoms with Crippen LogP contribution in [0.2, 0.25) is 0 Å². The van der Waals surface area contributed by atoms with Crippen molar-refractivity contribution in [3.05, 3.63) is 74.6 Å². The molecule has 28 heavy (non-hydrogen) atoms. The standard InChI is InChI=1S/C22H23NO5/c1-13-7-17-16(10-21(24)28-20(17)8-14(13)2)12-23-11-15-5-6-19(26-3)18(9-15)22(25)27-4/h5-10,23H,11-12H2,1-4H3/p+1. The number of nitrogens with two attached hydrogens (primary N) is 1. The van der Waals surface area contributed by atoms with E-state index in [1.54, 1.807) is 18.2 Å². The van der Waals surface area contributed by atoms with E-state index in [2.05, 4.69) is 11.4 Å². The summed E-state index contributed by atoms with van der Waals surface area (Å²) in [4.78, 5) is 23.8. The fourth-order valence-corrected chi connectivity index (χ4v) is 3.20. The summed E-state index contributed by atoms with van der Waals surface area (Å²) in [6, 6.07) is 10.9. The highest BCUT2D eigenvalue weighted by molar-refractivity contribution is 5.92. The van der Waals surface area contributed by atoms with Gasteiger partial charge < -0.3 is 19.2 Å². The van der Waals surface area contributed by atoms with Crippen molar-refractivity contribution in [2.45, 2.75) is 26.9 Å². The summed E-state index contributed by atoms with van der Waals surface area (Å²) < 4.78 is 15.4. The third-order valence-corrected chi connectivity index (χ3v) is 4.86. The first-order valence-electron chi connectivity index (χ1n) is 9.03. The summed E-state index contributed by atoms with van der Waals surface area (Å²) >= 11 is 0. The molecule has 0 spiro atoms. The fraction of sp³-hybridized carbons (Fsp3) is 0.273. The lowest BCUT2D eigenvalue weighted by atomic mass is 10.0. The van der Waals surface area contributed by atoms with Crippen molar-refractivity contribution >= 4 is 16.9 Å². The number of quaternary nitrogens is 1. The Bertz CT molecular complexity index is 1080. The van der Waals surface area contributed by atoms with Crippen LogP contribution < -0.4 is 15.7 Å². The van der Waals surface area contributed by atoms with Gasteiger partial charge in [-0.15, -0.1) is 0 Å². The average Bonchev–Trinajstić information content (AvgIpc) is 2.68. The van der Waals surface area contributed by atoms with Gasteiger partial charge >= 0.3 is 11.6 Å². The van der Waals surface area contributed by atoms with Crippen molar-refractivity contribution in [1.82, 2.24) is 0 Å².